The lowest BCUT2D eigenvalue weighted by molar-refractivity contribution is 0.267. The predicted molar refractivity (Wildman–Crippen MR) is 74.4 cm³/mol. The Hall–Kier alpha value is -0.0800. The molecule has 5 unspecified atom stereocenters. The molecule has 1 heterocycles. The summed E-state index contributed by atoms with van der Waals surface area (Å²) in [5.41, 5.74) is 0.588. The summed E-state index contributed by atoms with van der Waals surface area (Å²) in [6.45, 7) is 6.12. The van der Waals surface area contributed by atoms with Gasteiger partial charge in [0.05, 0.1) is 0 Å². The highest BCUT2D eigenvalue weighted by molar-refractivity contribution is 5.17. The Morgan fingerprint density at radius 2 is 2.00 bits per heavy atom. The van der Waals surface area contributed by atoms with Gasteiger partial charge in [0.25, 0.3) is 0 Å². The van der Waals surface area contributed by atoms with Gasteiger partial charge >= 0.3 is 0 Å². The third-order valence-electron chi connectivity index (χ3n) is 6.56. The van der Waals surface area contributed by atoms with Crippen LogP contribution in [0, 0.1) is 29.1 Å². The maximum atomic E-state index is 3.99. The highest BCUT2D eigenvalue weighted by atomic mass is 15.0. The van der Waals surface area contributed by atoms with Gasteiger partial charge in [-0.3, -0.25) is 0 Å². The van der Waals surface area contributed by atoms with E-state index in [1.54, 1.807) is 19.3 Å². The quantitative estimate of drug-likeness (QED) is 0.781. The van der Waals surface area contributed by atoms with Crippen molar-refractivity contribution < 1.29 is 0 Å². The smallest absolute Gasteiger partial charge is 0.0136 e. The molecule has 4 rings (SSSR count). The van der Waals surface area contributed by atoms with Crippen molar-refractivity contribution in [3.8, 4) is 0 Å². The van der Waals surface area contributed by atoms with Crippen LogP contribution in [0.2, 0.25) is 0 Å². The largest absolute Gasteiger partial charge is 0.316 e. The van der Waals surface area contributed by atoms with Gasteiger partial charge in [0.2, 0.25) is 0 Å². The van der Waals surface area contributed by atoms with Crippen LogP contribution in [0.25, 0.3) is 0 Å². The van der Waals surface area contributed by atoms with Gasteiger partial charge in [-0.05, 0) is 67.7 Å². The molecule has 0 radical (unpaired) electrons. The minimum atomic E-state index is 0.588. The van der Waals surface area contributed by atoms with Gasteiger partial charge in [-0.2, -0.15) is 0 Å². The normalized spacial score (nSPS) is 52.8. The maximum Gasteiger partial charge on any atom is 0.0136 e. The summed E-state index contributed by atoms with van der Waals surface area (Å²) in [5, 5.41) is 7.57. The van der Waals surface area contributed by atoms with Crippen LogP contribution < -0.4 is 10.6 Å². The average Bonchev–Trinajstić information content (AvgIpc) is 2.80. The fraction of sp³-hybridized carbons (Fsp3) is 1.00. The Bertz CT molecular complexity index is 305. The van der Waals surface area contributed by atoms with Gasteiger partial charge in [-0.1, -0.05) is 13.3 Å². The number of fused-ring (bicyclic) bond motifs is 5. The summed E-state index contributed by atoms with van der Waals surface area (Å²) >= 11 is 0. The topological polar surface area (TPSA) is 24.1 Å². The Morgan fingerprint density at radius 1 is 1.22 bits per heavy atom. The van der Waals surface area contributed by atoms with Crippen LogP contribution in [0.1, 0.15) is 45.4 Å². The van der Waals surface area contributed by atoms with E-state index >= 15 is 0 Å². The minimum absolute atomic E-state index is 0.588. The van der Waals surface area contributed by atoms with Crippen LogP contribution in [0.5, 0.6) is 0 Å². The third kappa shape index (κ3) is 1.68. The summed E-state index contributed by atoms with van der Waals surface area (Å²) < 4.78 is 0. The summed E-state index contributed by atoms with van der Waals surface area (Å²) in [6, 6.07) is 0.922. The van der Waals surface area contributed by atoms with Gasteiger partial charge in [-0.25, -0.2) is 0 Å². The molecule has 0 aromatic carbocycles. The average molecular weight is 248 g/mol. The van der Waals surface area contributed by atoms with Gasteiger partial charge in [-0.15, -0.1) is 0 Å². The molecule has 0 amide bonds. The highest BCUT2D eigenvalue weighted by Gasteiger charge is 2.64. The van der Waals surface area contributed by atoms with Gasteiger partial charge in [0.1, 0.15) is 0 Å². The molecule has 2 N–H and O–H groups in total. The number of nitrogens with one attached hydrogen (secondary N) is 2. The van der Waals surface area contributed by atoms with Gasteiger partial charge in [0, 0.05) is 19.1 Å². The molecule has 102 valence electrons. The molecule has 3 aliphatic carbocycles. The lowest BCUT2D eigenvalue weighted by Crippen LogP contribution is -2.38. The van der Waals surface area contributed by atoms with Crippen LogP contribution in [-0.2, 0) is 0 Å². The monoisotopic (exact) mass is 248 g/mol. The van der Waals surface area contributed by atoms with Crippen molar-refractivity contribution in [2.45, 2.75) is 51.5 Å². The second-order valence-corrected chi connectivity index (χ2v) is 7.57. The van der Waals surface area contributed by atoms with E-state index in [2.05, 4.69) is 17.6 Å². The van der Waals surface area contributed by atoms with E-state index in [1.807, 2.05) is 0 Å². The molecule has 0 aromatic heterocycles. The van der Waals surface area contributed by atoms with E-state index in [-0.39, 0.29) is 0 Å². The summed E-state index contributed by atoms with van der Waals surface area (Å²) in [7, 11) is 0. The second-order valence-electron chi connectivity index (χ2n) is 7.57. The van der Waals surface area contributed by atoms with Crippen molar-refractivity contribution in [3.05, 3.63) is 0 Å². The zero-order chi connectivity index (χ0) is 12.2. The molecule has 2 bridgehead atoms. The molecule has 4 fully saturated rings. The molecular formula is C16H28N2. The fourth-order valence-corrected chi connectivity index (χ4v) is 5.71. The van der Waals surface area contributed by atoms with E-state index in [0.29, 0.717) is 5.41 Å². The zero-order valence-corrected chi connectivity index (χ0v) is 11.8. The Balaban J connectivity index is 1.34. The summed E-state index contributed by atoms with van der Waals surface area (Å²) in [4.78, 5) is 0. The van der Waals surface area contributed by atoms with E-state index in [0.717, 1.165) is 29.7 Å². The molecule has 0 spiro atoms. The van der Waals surface area contributed by atoms with Crippen molar-refractivity contribution in [3.63, 3.8) is 0 Å². The molecule has 0 aromatic rings. The van der Waals surface area contributed by atoms with Crippen molar-refractivity contribution >= 4 is 0 Å². The van der Waals surface area contributed by atoms with Crippen LogP contribution in [0.4, 0.5) is 0 Å². The molecule has 18 heavy (non-hydrogen) atoms. The zero-order valence-electron chi connectivity index (χ0n) is 11.8. The molecule has 4 aliphatic rings. The first-order valence-corrected chi connectivity index (χ1v) is 8.27. The molecule has 1 saturated heterocycles. The Morgan fingerprint density at radius 3 is 2.61 bits per heavy atom. The molecule has 2 heteroatoms. The van der Waals surface area contributed by atoms with Crippen molar-refractivity contribution in [1.82, 2.24) is 10.6 Å². The van der Waals surface area contributed by atoms with Crippen molar-refractivity contribution in [2.75, 3.05) is 19.6 Å². The van der Waals surface area contributed by atoms with E-state index in [1.165, 1.54) is 38.9 Å². The van der Waals surface area contributed by atoms with Gasteiger partial charge < -0.3 is 10.6 Å². The lowest BCUT2D eigenvalue weighted by atomic mass is 9.82. The first kappa shape index (κ1) is 11.7. The molecule has 2 nitrogen and oxygen atoms in total. The first-order valence-electron chi connectivity index (χ1n) is 8.27. The highest BCUT2D eigenvalue weighted by Crippen LogP contribution is 2.65. The lowest BCUT2D eigenvalue weighted by Gasteiger charge is -2.29. The number of rotatable bonds is 5. The third-order valence-corrected chi connectivity index (χ3v) is 6.56. The number of hydrogen-bond acceptors (Lipinski definition) is 2. The Kier molecular flexibility index (Phi) is 2.74. The second kappa shape index (κ2) is 4.21. The van der Waals surface area contributed by atoms with Crippen molar-refractivity contribution in [2.24, 2.45) is 29.1 Å². The molecule has 5 atom stereocenters. The van der Waals surface area contributed by atoms with E-state index < -0.39 is 0 Å². The minimum Gasteiger partial charge on any atom is -0.316 e. The Labute approximate surface area is 111 Å². The van der Waals surface area contributed by atoms with E-state index in [4.69, 9.17) is 0 Å². The maximum absolute atomic E-state index is 3.99. The molecular weight excluding hydrogens is 220 g/mol. The first-order chi connectivity index (χ1) is 8.83. The summed E-state index contributed by atoms with van der Waals surface area (Å²) in [5.74, 6) is 4.41. The van der Waals surface area contributed by atoms with Crippen LogP contribution in [-0.4, -0.2) is 25.7 Å². The van der Waals surface area contributed by atoms with Crippen LogP contribution in [0.15, 0.2) is 0 Å². The SMILES string of the molecule is CCCC1(CNC2C3C4CCC(C4)C23)CCNC1. The van der Waals surface area contributed by atoms with Crippen LogP contribution in [0.3, 0.4) is 0 Å². The standard InChI is InChI=1S/C16H28N2/c1-2-5-16(6-7-17-9-16)10-18-15-13-11-3-4-12(8-11)14(13)15/h11-15,17-18H,2-10H2,1H3. The van der Waals surface area contributed by atoms with Crippen molar-refractivity contribution in [1.29, 1.82) is 0 Å². The van der Waals surface area contributed by atoms with E-state index in [9.17, 15) is 0 Å². The predicted octanol–water partition coefficient (Wildman–Crippen LogP) is 2.40. The molecule has 1 aliphatic heterocycles. The van der Waals surface area contributed by atoms with Crippen LogP contribution >= 0.6 is 0 Å². The van der Waals surface area contributed by atoms with Gasteiger partial charge in [0.15, 0.2) is 0 Å². The fourth-order valence-electron chi connectivity index (χ4n) is 5.71. The molecule has 3 saturated carbocycles. The summed E-state index contributed by atoms with van der Waals surface area (Å²) in [6.07, 6.45) is 8.81. The number of hydrogen-bond donors (Lipinski definition) is 2.